The molecule has 0 saturated carbocycles. The Morgan fingerprint density at radius 3 is 2.18 bits per heavy atom. The summed E-state index contributed by atoms with van der Waals surface area (Å²) >= 11 is 8.07. The number of aryl methyl sites for hydroxylation is 1. The zero-order chi connectivity index (χ0) is 44.7. The number of benzene rings is 5. The van der Waals surface area contributed by atoms with E-state index in [1.165, 1.54) is 16.0 Å². The number of piperidine rings is 1. The minimum absolute atomic E-state index is 0.0449. The van der Waals surface area contributed by atoms with Crippen LogP contribution in [0, 0.1) is 12.8 Å². The minimum atomic E-state index is -4.12. The first kappa shape index (κ1) is 47.4. The van der Waals surface area contributed by atoms with Gasteiger partial charge in [0.25, 0.3) is 15.9 Å². The smallest absolute Gasteiger partial charge is 0.264 e. The number of halogens is 1. The highest BCUT2D eigenvalue weighted by Gasteiger charge is 2.42. The van der Waals surface area contributed by atoms with Crippen LogP contribution in [0.1, 0.15) is 67.6 Å². The molecule has 0 bridgehead atoms. The highest BCUT2D eigenvalue weighted by atomic mass is 35.5. The van der Waals surface area contributed by atoms with Crippen molar-refractivity contribution >= 4 is 59.0 Å². The van der Waals surface area contributed by atoms with Crippen LogP contribution in [0.15, 0.2) is 131 Å². The molecule has 2 atom stereocenters. The Bertz CT molecular complexity index is 2370. The molecule has 2 N–H and O–H groups in total. The molecule has 1 aliphatic heterocycles. The van der Waals surface area contributed by atoms with E-state index < -0.39 is 24.2 Å². The Morgan fingerprint density at radius 2 is 1.55 bits per heavy atom. The number of carbonyl (C=O) groups is 1. The maximum absolute atomic E-state index is 13.5. The van der Waals surface area contributed by atoms with E-state index in [2.05, 4.69) is 116 Å². The van der Waals surface area contributed by atoms with E-state index in [9.17, 15) is 13.2 Å². The van der Waals surface area contributed by atoms with Crippen LogP contribution in [-0.2, 0) is 14.4 Å². The summed E-state index contributed by atoms with van der Waals surface area (Å²) in [5.41, 5.74) is 6.44. The standard InChI is InChI=1S/C50H63ClN4O4S2Si/c1-36-34-44(26-27-47(36)52-41(30-31-54(5)6)35-60-43-14-10-9-11-15-43)61(57,58)53-49(56)39-20-24-42(25-21-39)55-32-28-38(29-33-55)48(59-62(7,8)50(2,3)4)46-17-13-12-16-45(46)37-18-22-40(51)23-19-37/h9-27,34,38,41,48,52H,28-33,35H2,1-8H3,(H,53,56)/t41-,48-/m1/s1. The molecule has 0 spiro atoms. The molecule has 1 aliphatic rings. The lowest BCUT2D eigenvalue weighted by atomic mass is 9.84. The number of hydrogen-bond acceptors (Lipinski definition) is 8. The maximum atomic E-state index is 13.5. The zero-order valence-electron chi connectivity index (χ0n) is 37.5. The van der Waals surface area contributed by atoms with Gasteiger partial charge >= 0.3 is 0 Å². The maximum Gasteiger partial charge on any atom is 0.264 e. The van der Waals surface area contributed by atoms with Gasteiger partial charge in [-0.05, 0) is 160 Å². The highest BCUT2D eigenvalue weighted by Crippen LogP contribution is 2.46. The van der Waals surface area contributed by atoms with E-state index in [1.807, 2.05) is 49.4 Å². The summed E-state index contributed by atoms with van der Waals surface area (Å²) in [6, 6.07) is 39.4. The zero-order valence-corrected chi connectivity index (χ0v) is 40.8. The number of carbonyl (C=O) groups excluding carboxylic acids is 1. The van der Waals surface area contributed by atoms with Crippen LogP contribution in [0.4, 0.5) is 11.4 Å². The van der Waals surface area contributed by atoms with Crippen LogP contribution in [0.3, 0.4) is 0 Å². The van der Waals surface area contributed by atoms with Crippen molar-refractivity contribution in [3.63, 3.8) is 0 Å². The van der Waals surface area contributed by atoms with Crippen LogP contribution in [0.5, 0.6) is 0 Å². The summed E-state index contributed by atoms with van der Waals surface area (Å²) < 4.78 is 36.7. The lowest BCUT2D eigenvalue weighted by Crippen LogP contribution is -2.45. The predicted octanol–water partition coefficient (Wildman–Crippen LogP) is 11.9. The van der Waals surface area contributed by atoms with E-state index in [0.717, 1.165) is 67.2 Å². The molecule has 62 heavy (non-hydrogen) atoms. The molecule has 330 valence electrons. The van der Waals surface area contributed by atoms with Gasteiger partial charge in [-0.25, -0.2) is 13.1 Å². The van der Waals surface area contributed by atoms with Crippen molar-refractivity contribution in [2.75, 3.05) is 49.7 Å². The summed E-state index contributed by atoms with van der Waals surface area (Å²) in [4.78, 5) is 19.1. The number of nitrogens with zero attached hydrogens (tertiary/aromatic N) is 2. The normalized spacial score (nSPS) is 15.0. The Morgan fingerprint density at radius 1 is 0.903 bits per heavy atom. The Labute approximate surface area is 381 Å². The van der Waals surface area contributed by atoms with Crippen molar-refractivity contribution < 1.29 is 17.6 Å². The fraction of sp³-hybridized carbons (Fsp3) is 0.380. The van der Waals surface area contributed by atoms with Gasteiger partial charge in [0.2, 0.25) is 0 Å². The molecule has 5 aromatic rings. The third-order valence-corrected chi connectivity index (χ3v) is 19.5. The lowest BCUT2D eigenvalue weighted by molar-refractivity contribution is 0.0981. The summed E-state index contributed by atoms with van der Waals surface area (Å²) in [6.45, 7) is 16.0. The second kappa shape index (κ2) is 20.6. The van der Waals surface area contributed by atoms with Gasteiger partial charge in [0.1, 0.15) is 0 Å². The second-order valence-electron chi connectivity index (χ2n) is 18.2. The number of hydrogen-bond donors (Lipinski definition) is 2. The van der Waals surface area contributed by atoms with Crippen molar-refractivity contribution in [1.82, 2.24) is 9.62 Å². The lowest BCUT2D eigenvalue weighted by Gasteiger charge is -2.44. The number of sulfonamides is 1. The molecule has 0 aromatic heterocycles. The molecule has 0 aliphatic carbocycles. The van der Waals surface area contributed by atoms with Crippen molar-refractivity contribution in [3.8, 4) is 11.1 Å². The van der Waals surface area contributed by atoms with Crippen molar-refractivity contribution in [3.05, 3.63) is 143 Å². The fourth-order valence-corrected chi connectivity index (χ4v) is 11.1. The molecule has 1 fully saturated rings. The van der Waals surface area contributed by atoms with Gasteiger partial charge in [-0.2, -0.15) is 0 Å². The Kier molecular flexibility index (Phi) is 15.7. The van der Waals surface area contributed by atoms with Crippen molar-refractivity contribution in [2.24, 2.45) is 5.92 Å². The van der Waals surface area contributed by atoms with Crippen LogP contribution in [0.2, 0.25) is 23.2 Å². The average Bonchev–Trinajstić information content (AvgIpc) is 3.24. The summed E-state index contributed by atoms with van der Waals surface area (Å²) in [5.74, 6) is 0.500. The molecule has 1 heterocycles. The van der Waals surface area contributed by atoms with Crippen LogP contribution < -0.4 is 14.9 Å². The van der Waals surface area contributed by atoms with Crippen molar-refractivity contribution in [1.29, 1.82) is 0 Å². The van der Waals surface area contributed by atoms with Gasteiger partial charge in [-0.15, -0.1) is 11.8 Å². The quantitative estimate of drug-likeness (QED) is 0.0704. The summed E-state index contributed by atoms with van der Waals surface area (Å²) in [5, 5.41) is 4.41. The van der Waals surface area contributed by atoms with Crippen LogP contribution in [-0.4, -0.2) is 73.1 Å². The molecule has 0 radical (unpaired) electrons. The van der Waals surface area contributed by atoms with Gasteiger partial charge in [0.15, 0.2) is 8.32 Å². The van der Waals surface area contributed by atoms with Crippen LogP contribution >= 0.6 is 23.4 Å². The predicted molar refractivity (Wildman–Crippen MR) is 263 cm³/mol. The molecule has 1 amide bonds. The first-order valence-electron chi connectivity index (χ1n) is 21.5. The van der Waals surface area contributed by atoms with E-state index >= 15 is 0 Å². The molecule has 8 nitrogen and oxygen atoms in total. The number of anilines is 2. The van der Waals surface area contributed by atoms with Gasteiger partial charge < -0.3 is 19.5 Å². The number of amides is 1. The van der Waals surface area contributed by atoms with E-state index in [0.29, 0.717) is 10.9 Å². The van der Waals surface area contributed by atoms with E-state index in [-0.39, 0.29) is 27.6 Å². The molecule has 0 unspecified atom stereocenters. The first-order chi connectivity index (χ1) is 29.4. The molecular weight excluding hydrogens is 848 g/mol. The third-order valence-electron chi connectivity index (χ3n) is 12.3. The van der Waals surface area contributed by atoms with Gasteiger partial charge in [0, 0.05) is 51.7 Å². The fourth-order valence-electron chi connectivity index (χ4n) is 7.58. The van der Waals surface area contributed by atoms with Gasteiger partial charge in [0.05, 0.1) is 11.0 Å². The minimum Gasteiger partial charge on any atom is -0.410 e. The Balaban J connectivity index is 1.10. The van der Waals surface area contributed by atoms with Gasteiger partial charge in [-0.3, -0.25) is 4.79 Å². The van der Waals surface area contributed by atoms with Gasteiger partial charge in [-0.1, -0.05) is 87.0 Å². The second-order valence-corrected chi connectivity index (χ2v) is 26.2. The van der Waals surface area contributed by atoms with E-state index in [4.69, 9.17) is 16.0 Å². The van der Waals surface area contributed by atoms with E-state index in [1.54, 1.807) is 42.1 Å². The SMILES string of the molecule is Cc1cc(S(=O)(=O)NC(=O)c2ccc(N3CCC([C@@H](O[Si](C)(C)C(C)(C)C)c4ccccc4-c4ccc(Cl)cc4)CC3)cc2)ccc1N[C@H](CCN(C)C)CSc1ccccc1. The molecule has 1 saturated heterocycles. The van der Waals surface area contributed by atoms with Crippen LogP contribution in [0.25, 0.3) is 11.1 Å². The topological polar surface area (TPSA) is 91.0 Å². The third kappa shape index (κ3) is 12.3. The summed E-state index contributed by atoms with van der Waals surface area (Å²) in [7, 11) is -2.15. The number of rotatable bonds is 17. The van der Waals surface area contributed by atoms with Crippen molar-refractivity contribution in [2.45, 2.75) is 87.0 Å². The Hall–Kier alpha value is -4.10. The number of thioether (sulfide) groups is 1. The molecule has 12 heteroatoms. The first-order valence-corrected chi connectivity index (χ1v) is 27.3. The highest BCUT2D eigenvalue weighted by molar-refractivity contribution is 7.99. The molecule has 5 aromatic carbocycles. The summed E-state index contributed by atoms with van der Waals surface area (Å²) in [6.07, 6.45) is 2.73. The number of nitrogens with one attached hydrogen (secondary N) is 2. The molecule has 6 rings (SSSR count). The monoisotopic (exact) mass is 910 g/mol. The molecular formula is C50H63ClN4O4S2Si. The average molecular weight is 912 g/mol. The largest absolute Gasteiger partial charge is 0.410 e.